The van der Waals surface area contributed by atoms with Gasteiger partial charge < -0.3 is 8.98 Å². The monoisotopic (exact) mass is 807 g/mol. The van der Waals surface area contributed by atoms with Crippen molar-refractivity contribution >= 4 is 65.6 Å². The van der Waals surface area contributed by atoms with E-state index < -0.39 is 0 Å². The topological polar surface area (TPSA) is 87.5 Å². The summed E-state index contributed by atoms with van der Waals surface area (Å²) in [5.74, 6) is 1.23. The second kappa shape index (κ2) is 13.9. The number of nitrogens with zero attached hydrogens (tertiary/aromatic N) is 7. The smallest absolute Gasteiger partial charge is 0.235 e. The van der Waals surface area contributed by atoms with Crippen molar-refractivity contribution in [2.24, 2.45) is 0 Å². The molecule has 0 bridgehead atoms. The van der Waals surface area contributed by atoms with Gasteiger partial charge in [-0.3, -0.25) is 9.55 Å². The Labute approximate surface area is 360 Å². The first-order valence-corrected chi connectivity index (χ1v) is 20.9. The molecule has 0 unspecified atom stereocenters. The van der Waals surface area contributed by atoms with Gasteiger partial charge >= 0.3 is 0 Å². The van der Waals surface area contributed by atoms with Crippen molar-refractivity contribution in [2.45, 2.75) is 0 Å². The van der Waals surface area contributed by atoms with E-state index in [2.05, 4.69) is 148 Å². The van der Waals surface area contributed by atoms with E-state index in [1.165, 1.54) is 0 Å². The molecule has 6 heterocycles. The lowest BCUT2D eigenvalue weighted by atomic mass is 10.1. The zero-order valence-electron chi connectivity index (χ0n) is 33.6. The van der Waals surface area contributed by atoms with Gasteiger partial charge in [0.15, 0.2) is 5.82 Å². The molecule has 0 aliphatic rings. The predicted octanol–water partition coefficient (Wildman–Crippen LogP) is 13.4. The molecule has 63 heavy (non-hydrogen) atoms. The van der Waals surface area contributed by atoms with Gasteiger partial charge in [-0.25, -0.2) is 19.9 Å². The summed E-state index contributed by atoms with van der Waals surface area (Å²) in [4.78, 5) is 24.9. The highest BCUT2D eigenvalue weighted by Crippen LogP contribution is 2.39. The minimum Gasteiger partial charge on any atom is -0.456 e. The minimum absolute atomic E-state index is 0.593. The molecule has 0 saturated carbocycles. The van der Waals surface area contributed by atoms with Crippen LogP contribution in [0.1, 0.15) is 0 Å². The number of rotatable bonds is 6. The third-order valence-corrected chi connectivity index (χ3v) is 12.1. The van der Waals surface area contributed by atoms with Crippen LogP contribution in [0.25, 0.3) is 122 Å². The minimum atomic E-state index is 0.593. The van der Waals surface area contributed by atoms with Gasteiger partial charge in [-0.05, 0) is 66.7 Å². The molecule has 0 N–H and O–H groups in total. The quantitative estimate of drug-likeness (QED) is 0.166. The van der Waals surface area contributed by atoms with Crippen LogP contribution in [0.3, 0.4) is 0 Å². The van der Waals surface area contributed by atoms with Crippen molar-refractivity contribution in [2.75, 3.05) is 0 Å². The largest absolute Gasteiger partial charge is 0.456 e. The van der Waals surface area contributed by atoms with Crippen LogP contribution in [-0.2, 0) is 0 Å². The Morgan fingerprint density at radius 3 is 1.79 bits per heavy atom. The molecule has 0 fully saturated rings. The van der Waals surface area contributed by atoms with E-state index in [1.54, 1.807) is 6.20 Å². The number of pyridine rings is 1. The van der Waals surface area contributed by atoms with Crippen molar-refractivity contribution in [3.8, 4) is 56.8 Å². The van der Waals surface area contributed by atoms with E-state index in [4.69, 9.17) is 24.4 Å². The number of hydrogen-bond acceptors (Lipinski definition) is 6. The van der Waals surface area contributed by atoms with Crippen molar-refractivity contribution in [1.82, 2.24) is 34.1 Å². The predicted molar refractivity (Wildman–Crippen MR) is 253 cm³/mol. The van der Waals surface area contributed by atoms with Gasteiger partial charge in [0.1, 0.15) is 11.2 Å². The molecule has 13 rings (SSSR count). The summed E-state index contributed by atoms with van der Waals surface area (Å²) in [7, 11) is 0. The number of furan rings is 1. The van der Waals surface area contributed by atoms with E-state index >= 15 is 0 Å². The van der Waals surface area contributed by atoms with Gasteiger partial charge in [0.25, 0.3) is 0 Å². The Morgan fingerprint density at radius 2 is 1.02 bits per heavy atom. The Hall–Kier alpha value is -8.75. The first-order chi connectivity index (χ1) is 31.2. The van der Waals surface area contributed by atoms with Gasteiger partial charge in [0, 0.05) is 78.8 Å². The molecule has 0 saturated heterocycles. The molecule has 0 atom stereocenters. The fourth-order valence-electron chi connectivity index (χ4n) is 9.19. The molecule has 0 amide bonds. The first-order valence-electron chi connectivity index (χ1n) is 20.9. The Bertz CT molecular complexity index is 3870. The maximum absolute atomic E-state index is 6.14. The summed E-state index contributed by atoms with van der Waals surface area (Å²) < 4.78 is 10.6. The summed E-state index contributed by atoms with van der Waals surface area (Å²) in [6.45, 7) is 0. The molecule has 13 aromatic rings. The third kappa shape index (κ3) is 5.66. The van der Waals surface area contributed by atoms with E-state index in [-0.39, 0.29) is 0 Å². The second-order valence-electron chi connectivity index (χ2n) is 15.8. The first kappa shape index (κ1) is 35.0. The van der Waals surface area contributed by atoms with Crippen LogP contribution in [0, 0.1) is 0 Å². The van der Waals surface area contributed by atoms with Gasteiger partial charge in [0.2, 0.25) is 5.95 Å². The van der Waals surface area contributed by atoms with Gasteiger partial charge in [-0.15, -0.1) is 0 Å². The van der Waals surface area contributed by atoms with Crippen LogP contribution in [0.5, 0.6) is 0 Å². The summed E-state index contributed by atoms with van der Waals surface area (Å²) >= 11 is 0. The van der Waals surface area contributed by atoms with Crippen molar-refractivity contribution in [1.29, 1.82) is 0 Å². The highest BCUT2D eigenvalue weighted by atomic mass is 16.3. The molecule has 0 aliphatic carbocycles. The van der Waals surface area contributed by atoms with Gasteiger partial charge in [-0.2, -0.15) is 0 Å². The average Bonchev–Trinajstić information content (AvgIpc) is 4.01. The maximum atomic E-state index is 6.14. The van der Waals surface area contributed by atoms with Crippen LogP contribution in [0.2, 0.25) is 0 Å². The lowest BCUT2D eigenvalue weighted by molar-refractivity contribution is 0.668. The van der Waals surface area contributed by atoms with Crippen molar-refractivity contribution in [3.05, 3.63) is 201 Å². The number of aromatic nitrogens is 7. The van der Waals surface area contributed by atoms with Crippen LogP contribution >= 0.6 is 0 Å². The Morgan fingerprint density at radius 1 is 0.365 bits per heavy atom. The number of fused-ring (bicyclic) bond motifs is 9. The summed E-state index contributed by atoms with van der Waals surface area (Å²) in [6, 6.07) is 63.0. The van der Waals surface area contributed by atoms with E-state index in [9.17, 15) is 0 Å². The summed E-state index contributed by atoms with van der Waals surface area (Å²) in [6.07, 6.45) is 5.49. The molecule has 7 aromatic carbocycles. The molecule has 8 nitrogen and oxygen atoms in total. The summed E-state index contributed by atoms with van der Waals surface area (Å²) in [5.41, 5.74) is 13.4. The standard InChI is InChI=1S/C55H33N7O/c1-3-11-34(12-4-1)46-32-47(35-13-5-2-6-14-35)60-55(59-46)62-49-18-10-7-15-39(49)41-22-19-37(30-51(41)62)54-57-28-25-45(58-54)36-20-23-50-42(29-36)40-16-8-9-17-48(40)61(50)38-21-24-52-43(31-38)44-33-56-27-26-53(44)63-52/h1-33H. The van der Waals surface area contributed by atoms with Crippen molar-refractivity contribution < 1.29 is 4.42 Å². The fraction of sp³-hybridized carbons (Fsp3) is 0. The molecular weight excluding hydrogens is 775 g/mol. The van der Waals surface area contributed by atoms with E-state index in [1.807, 2.05) is 60.9 Å². The van der Waals surface area contributed by atoms with Gasteiger partial charge in [0.05, 0.1) is 39.1 Å². The highest BCUT2D eigenvalue weighted by molar-refractivity contribution is 6.12. The molecular formula is C55H33N7O. The zero-order chi connectivity index (χ0) is 41.4. The summed E-state index contributed by atoms with van der Waals surface area (Å²) in [5, 5.41) is 6.55. The van der Waals surface area contributed by atoms with E-state index in [0.29, 0.717) is 11.8 Å². The molecule has 0 spiro atoms. The third-order valence-electron chi connectivity index (χ3n) is 12.1. The lowest BCUT2D eigenvalue weighted by Gasteiger charge is -2.12. The second-order valence-corrected chi connectivity index (χ2v) is 15.8. The highest BCUT2D eigenvalue weighted by Gasteiger charge is 2.20. The fourth-order valence-corrected chi connectivity index (χ4v) is 9.19. The van der Waals surface area contributed by atoms with Crippen LogP contribution in [-0.4, -0.2) is 34.1 Å². The van der Waals surface area contributed by atoms with Crippen LogP contribution in [0.15, 0.2) is 205 Å². The molecule has 6 aromatic heterocycles. The average molecular weight is 808 g/mol. The Balaban J connectivity index is 0.942. The van der Waals surface area contributed by atoms with Gasteiger partial charge in [-0.1, -0.05) is 115 Å². The number of para-hydroxylation sites is 2. The maximum Gasteiger partial charge on any atom is 0.235 e. The number of benzene rings is 7. The Kier molecular flexibility index (Phi) is 7.74. The van der Waals surface area contributed by atoms with Crippen LogP contribution < -0.4 is 0 Å². The van der Waals surface area contributed by atoms with Crippen molar-refractivity contribution in [3.63, 3.8) is 0 Å². The molecule has 294 valence electrons. The SMILES string of the molecule is c1ccc(-c2cc(-c3ccccc3)nc(-n3c4ccccc4c4ccc(-c5nccc(-c6ccc7c(c6)c6ccccc6n7-c6ccc7oc8ccncc8c7c6)n5)cc43)n2)cc1. The zero-order valence-corrected chi connectivity index (χ0v) is 33.6. The van der Waals surface area contributed by atoms with Crippen LogP contribution in [0.4, 0.5) is 0 Å². The lowest BCUT2D eigenvalue weighted by Crippen LogP contribution is -2.04. The normalized spacial score (nSPS) is 11.8. The molecule has 0 aliphatic heterocycles. The molecule has 8 heteroatoms. The molecule has 0 radical (unpaired) electrons. The van der Waals surface area contributed by atoms with E-state index in [0.717, 1.165) is 111 Å². The number of hydrogen-bond donors (Lipinski definition) is 0.